The molecule has 5 heteroatoms. The molecule has 0 fully saturated rings. The van der Waals surface area contributed by atoms with Gasteiger partial charge in [0, 0.05) is 36.4 Å². The minimum Gasteiger partial charge on any atom is -0.350 e. The number of nitrogens with one attached hydrogen (secondary N) is 2. The Morgan fingerprint density at radius 1 is 1.04 bits per heavy atom. The van der Waals surface area contributed by atoms with E-state index >= 15 is 0 Å². The summed E-state index contributed by atoms with van der Waals surface area (Å²) in [5.74, 6) is 1.83. The molecule has 0 aliphatic heterocycles. The quantitative estimate of drug-likeness (QED) is 0.687. The lowest BCUT2D eigenvalue weighted by molar-refractivity contribution is 0.868. The van der Waals surface area contributed by atoms with Gasteiger partial charge in [0.05, 0.1) is 0 Å². The van der Waals surface area contributed by atoms with Gasteiger partial charge in [-0.05, 0) is 36.1 Å². The van der Waals surface area contributed by atoms with E-state index < -0.39 is 0 Å². The van der Waals surface area contributed by atoms with Gasteiger partial charge in [0.1, 0.15) is 5.82 Å². The largest absolute Gasteiger partial charge is 0.350 e. The van der Waals surface area contributed by atoms with Gasteiger partial charge in [0.25, 0.3) is 0 Å². The van der Waals surface area contributed by atoms with Gasteiger partial charge in [0.15, 0.2) is 0 Å². The van der Waals surface area contributed by atoms with E-state index in [9.17, 15) is 0 Å². The van der Waals surface area contributed by atoms with Gasteiger partial charge in [-0.2, -0.15) is 4.98 Å². The monoisotopic (exact) mass is 333 g/mol. The van der Waals surface area contributed by atoms with Crippen molar-refractivity contribution in [3.05, 3.63) is 71.7 Å². The summed E-state index contributed by atoms with van der Waals surface area (Å²) >= 11 is 0. The zero-order chi connectivity index (χ0) is 17.6. The van der Waals surface area contributed by atoms with Crippen molar-refractivity contribution in [2.24, 2.45) is 0 Å². The van der Waals surface area contributed by atoms with Crippen molar-refractivity contribution in [2.75, 3.05) is 10.6 Å². The van der Waals surface area contributed by atoms with Crippen molar-refractivity contribution >= 4 is 17.5 Å². The van der Waals surface area contributed by atoms with Crippen LogP contribution in [0.1, 0.15) is 36.6 Å². The smallest absolute Gasteiger partial charge is 0.225 e. The Hall–Kier alpha value is -2.95. The zero-order valence-electron chi connectivity index (χ0n) is 14.8. The average Bonchev–Trinajstić information content (AvgIpc) is 2.61. The van der Waals surface area contributed by atoms with E-state index in [0.717, 1.165) is 22.8 Å². The van der Waals surface area contributed by atoms with E-state index in [4.69, 9.17) is 0 Å². The van der Waals surface area contributed by atoms with E-state index in [0.29, 0.717) is 18.4 Å². The van der Waals surface area contributed by atoms with Gasteiger partial charge in [-0.25, -0.2) is 4.98 Å². The molecule has 3 rings (SSSR count). The first-order valence-electron chi connectivity index (χ1n) is 8.46. The summed E-state index contributed by atoms with van der Waals surface area (Å²) in [5, 5.41) is 6.69. The lowest BCUT2D eigenvalue weighted by atomic mass is 10.0. The summed E-state index contributed by atoms with van der Waals surface area (Å²) in [7, 11) is 0. The number of aromatic nitrogens is 3. The molecule has 0 radical (unpaired) electrons. The normalized spacial score (nSPS) is 10.7. The van der Waals surface area contributed by atoms with Crippen molar-refractivity contribution in [1.82, 2.24) is 15.0 Å². The topological polar surface area (TPSA) is 62.7 Å². The predicted octanol–water partition coefficient (Wildman–Crippen LogP) is 4.66. The predicted molar refractivity (Wildman–Crippen MR) is 102 cm³/mol. The van der Waals surface area contributed by atoms with Gasteiger partial charge >= 0.3 is 0 Å². The molecular weight excluding hydrogens is 310 g/mol. The first kappa shape index (κ1) is 16.9. The number of hydrogen-bond acceptors (Lipinski definition) is 5. The molecule has 2 heterocycles. The fourth-order valence-corrected chi connectivity index (χ4v) is 2.65. The molecule has 128 valence electrons. The fourth-order valence-electron chi connectivity index (χ4n) is 2.65. The average molecular weight is 333 g/mol. The molecule has 0 aliphatic carbocycles. The van der Waals surface area contributed by atoms with Crippen LogP contribution in [0.15, 0.2) is 54.9 Å². The van der Waals surface area contributed by atoms with Crippen LogP contribution in [0.5, 0.6) is 0 Å². The van der Waals surface area contributed by atoms with Crippen molar-refractivity contribution < 1.29 is 0 Å². The Morgan fingerprint density at radius 3 is 2.64 bits per heavy atom. The van der Waals surface area contributed by atoms with Crippen molar-refractivity contribution in [3.63, 3.8) is 0 Å². The molecule has 0 aliphatic rings. The summed E-state index contributed by atoms with van der Waals surface area (Å²) in [6, 6.07) is 14.2. The number of para-hydroxylation sites is 1. The Kier molecular flexibility index (Phi) is 5.23. The van der Waals surface area contributed by atoms with Crippen molar-refractivity contribution in [2.45, 2.75) is 33.2 Å². The highest BCUT2D eigenvalue weighted by Crippen LogP contribution is 2.26. The van der Waals surface area contributed by atoms with Crippen LogP contribution in [-0.2, 0) is 6.54 Å². The number of aryl methyl sites for hydroxylation is 1. The second-order valence-electron chi connectivity index (χ2n) is 6.30. The van der Waals surface area contributed by atoms with Gasteiger partial charge in [-0.1, -0.05) is 38.1 Å². The third kappa shape index (κ3) is 4.53. The maximum atomic E-state index is 4.59. The number of anilines is 3. The highest BCUT2D eigenvalue weighted by atomic mass is 15.1. The van der Waals surface area contributed by atoms with Crippen LogP contribution in [-0.4, -0.2) is 15.0 Å². The molecule has 1 aromatic carbocycles. The molecular formula is C20H23N5. The van der Waals surface area contributed by atoms with Crippen LogP contribution >= 0.6 is 0 Å². The van der Waals surface area contributed by atoms with Crippen LogP contribution in [0.4, 0.5) is 17.5 Å². The Bertz CT molecular complexity index is 830. The molecule has 5 nitrogen and oxygen atoms in total. The number of hydrogen-bond donors (Lipinski definition) is 2. The third-order valence-corrected chi connectivity index (χ3v) is 3.87. The molecule has 0 saturated carbocycles. The summed E-state index contributed by atoms with van der Waals surface area (Å²) in [6.07, 6.45) is 3.60. The van der Waals surface area contributed by atoms with Crippen molar-refractivity contribution in [1.29, 1.82) is 0 Å². The zero-order valence-corrected chi connectivity index (χ0v) is 14.8. The van der Waals surface area contributed by atoms with Crippen LogP contribution in [0.3, 0.4) is 0 Å². The van der Waals surface area contributed by atoms with E-state index in [-0.39, 0.29) is 0 Å². The van der Waals surface area contributed by atoms with Crippen LogP contribution in [0.25, 0.3) is 0 Å². The maximum absolute atomic E-state index is 4.59. The summed E-state index contributed by atoms with van der Waals surface area (Å²) in [5.41, 5.74) is 4.35. The fraction of sp³-hybridized carbons (Fsp3) is 0.250. The van der Waals surface area contributed by atoms with Gasteiger partial charge in [-0.15, -0.1) is 0 Å². The molecule has 25 heavy (non-hydrogen) atoms. The minimum atomic E-state index is 0.440. The van der Waals surface area contributed by atoms with E-state index in [1.54, 1.807) is 6.20 Å². The molecule has 0 unspecified atom stereocenters. The molecule has 0 atom stereocenters. The number of pyridine rings is 1. The van der Waals surface area contributed by atoms with Gasteiger partial charge in [-0.3, -0.25) is 4.98 Å². The van der Waals surface area contributed by atoms with Crippen LogP contribution < -0.4 is 10.6 Å². The van der Waals surface area contributed by atoms with E-state index in [1.165, 1.54) is 5.56 Å². The number of benzene rings is 1. The number of nitrogens with zero attached hydrogens (tertiary/aromatic N) is 3. The molecule has 0 bridgehead atoms. The first-order chi connectivity index (χ1) is 12.1. The third-order valence-electron chi connectivity index (χ3n) is 3.87. The number of rotatable bonds is 6. The van der Waals surface area contributed by atoms with E-state index in [2.05, 4.69) is 57.6 Å². The highest BCUT2D eigenvalue weighted by Gasteiger charge is 2.08. The second kappa shape index (κ2) is 7.75. The second-order valence-corrected chi connectivity index (χ2v) is 6.30. The SMILES string of the molecule is Cc1cc(Nc2ccccc2C(C)C)nc(NCc2cccnc2)n1. The van der Waals surface area contributed by atoms with Crippen molar-refractivity contribution in [3.8, 4) is 0 Å². The Labute approximate surface area is 148 Å². The Balaban J connectivity index is 1.78. The maximum Gasteiger partial charge on any atom is 0.225 e. The minimum absolute atomic E-state index is 0.440. The van der Waals surface area contributed by atoms with Crippen LogP contribution in [0.2, 0.25) is 0 Å². The van der Waals surface area contributed by atoms with Crippen LogP contribution in [0, 0.1) is 6.92 Å². The van der Waals surface area contributed by atoms with Gasteiger partial charge in [0.2, 0.25) is 5.95 Å². The molecule has 0 spiro atoms. The Morgan fingerprint density at radius 2 is 1.88 bits per heavy atom. The summed E-state index contributed by atoms with van der Waals surface area (Å²) in [4.78, 5) is 13.2. The molecule has 2 aromatic heterocycles. The van der Waals surface area contributed by atoms with E-state index in [1.807, 2.05) is 37.4 Å². The summed E-state index contributed by atoms with van der Waals surface area (Å²) in [6.45, 7) is 6.98. The molecule has 2 N–H and O–H groups in total. The highest BCUT2D eigenvalue weighted by molar-refractivity contribution is 5.62. The lowest BCUT2D eigenvalue weighted by Gasteiger charge is -2.15. The standard InChI is InChI=1S/C20H23N5/c1-14(2)17-8-4-5-9-18(17)24-19-11-15(3)23-20(25-19)22-13-16-7-6-10-21-12-16/h4-12,14H,13H2,1-3H3,(H2,22,23,24,25). The molecule has 0 amide bonds. The molecule has 3 aromatic rings. The summed E-state index contributed by atoms with van der Waals surface area (Å²) < 4.78 is 0. The van der Waals surface area contributed by atoms with Gasteiger partial charge < -0.3 is 10.6 Å². The molecule has 0 saturated heterocycles. The first-order valence-corrected chi connectivity index (χ1v) is 8.46. The lowest BCUT2D eigenvalue weighted by Crippen LogP contribution is -2.07.